The van der Waals surface area contributed by atoms with Crippen LogP contribution in [-0.2, 0) is 11.3 Å². The van der Waals surface area contributed by atoms with Gasteiger partial charge in [-0.25, -0.2) is 4.98 Å². The second-order valence-electron chi connectivity index (χ2n) is 4.68. The van der Waals surface area contributed by atoms with E-state index in [2.05, 4.69) is 15.0 Å². The molecule has 102 valence electrons. The molecule has 7 heteroatoms. The molecule has 3 heterocycles. The molecular formula is C12H16N4O2S. The predicted octanol–water partition coefficient (Wildman–Crippen LogP) is 1.92. The van der Waals surface area contributed by atoms with E-state index in [1.807, 2.05) is 4.57 Å². The standard InChI is InChI=1S/C12H16N4O2S/c1-17-11-9-10(13-7-14-11)16(12(19)15-9)6-8-2-4-18-5-3-8/h7-8H,2-6H2,1H3,(H,15,19). The highest BCUT2D eigenvalue weighted by Gasteiger charge is 2.18. The van der Waals surface area contributed by atoms with E-state index >= 15 is 0 Å². The van der Waals surface area contributed by atoms with Crippen molar-refractivity contribution >= 4 is 23.4 Å². The van der Waals surface area contributed by atoms with Crippen LogP contribution < -0.4 is 4.74 Å². The van der Waals surface area contributed by atoms with Crippen molar-refractivity contribution in [3.05, 3.63) is 11.1 Å². The molecule has 0 saturated carbocycles. The predicted molar refractivity (Wildman–Crippen MR) is 72.8 cm³/mol. The average Bonchev–Trinajstić information content (AvgIpc) is 2.76. The van der Waals surface area contributed by atoms with Crippen molar-refractivity contribution in [3.63, 3.8) is 0 Å². The van der Waals surface area contributed by atoms with E-state index in [0.29, 0.717) is 16.6 Å². The molecule has 0 atom stereocenters. The molecule has 1 N–H and O–H groups in total. The third-order valence-corrected chi connectivity index (χ3v) is 3.82. The van der Waals surface area contributed by atoms with Crippen LogP contribution in [0.25, 0.3) is 11.2 Å². The summed E-state index contributed by atoms with van der Waals surface area (Å²) in [6, 6.07) is 0. The number of H-pyrrole nitrogens is 1. The Kier molecular flexibility index (Phi) is 3.48. The van der Waals surface area contributed by atoms with Gasteiger partial charge in [-0.2, -0.15) is 4.98 Å². The van der Waals surface area contributed by atoms with Gasteiger partial charge in [0, 0.05) is 19.8 Å². The Hall–Kier alpha value is -1.47. The number of aromatic amines is 1. The van der Waals surface area contributed by atoms with Crippen LogP contribution in [0.3, 0.4) is 0 Å². The van der Waals surface area contributed by atoms with Crippen LogP contribution in [0.15, 0.2) is 6.33 Å². The highest BCUT2D eigenvalue weighted by atomic mass is 32.1. The zero-order chi connectivity index (χ0) is 13.2. The highest BCUT2D eigenvalue weighted by Crippen LogP contribution is 2.23. The molecule has 1 aliphatic heterocycles. The minimum absolute atomic E-state index is 0.529. The first-order valence-electron chi connectivity index (χ1n) is 6.35. The molecule has 0 aromatic carbocycles. The first-order chi connectivity index (χ1) is 9.29. The summed E-state index contributed by atoms with van der Waals surface area (Å²) in [7, 11) is 1.59. The molecule has 1 fully saturated rings. The summed E-state index contributed by atoms with van der Waals surface area (Å²) in [6.07, 6.45) is 3.64. The molecule has 0 amide bonds. The number of hydrogen-bond donors (Lipinski definition) is 1. The zero-order valence-corrected chi connectivity index (χ0v) is 11.6. The Balaban J connectivity index is 1.98. The number of ether oxygens (including phenoxy) is 2. The van der Waals surface area contributed by atoms with Crippen molar-refractivity contribution in [3.8, 4) is 5.88 Å². The van der Waals surface area contributed by atoms with Crippen LogP contribution in [0.5, 0.6) is 5.88 Å². The van der Waals surface area contributed by atoms with Gasteiger partial charge in [-0.1, -0.05) is 0 Å². The van der Waals surface area contributed by atoms with Gasteiger partial charge in [-0.05, 0) is 31.0 Å². The minimum Gasteiger partial charge on any atom is -0.479 e. The number of fused-ring (bicyclic) bond motifs is 1. The van der Waals surface area contributed by atoms with Gasteiger partial charge in [0.1, 0.15) is 11.8 Å². The minimum atomic E-state index is 0.529. The van der Waals surface area contributed by atoms with E-state index in [0.717, 1.165) is 43.8 Å². The molecule has 0 bridgehead atoms. The zero-order valence-electron chi connectivity index (χ0n) is 10.8. The summed E-state index contributed by atoms with van der Waals surface area (Å²) < 4.78 is 13.3. The smallest absolute Gasteiger partial charge is 0.242 e. The maximum Gasteiger partial charge on any atom is 0.242 e. The van der Waals surface area contributed by atoms with Gasteiger partial charge in [-0.15, -0.1) is 0 Å². The SMILES string of the molecule is COc1ncnc2c1[nH]c(=S)n2CC1CCOCC1. The second kappa shape index (κ2) is 5.26. The lowest BCUT2D eigenvalue weighted by Crippen LogP contribution is -2.20. The topological polar surface area (TPSA) is 65.0 Å². The van der Waals surface area contributed by atoms with E-state index in [1.54, 1.807) is 7.11 Å². The summed E-state index contributed by atoms with van der Waals surface area (Å²) >= 11 is 5.38. The van der Waals surface area contributed by atoms with E-state index in [4.69, 9.17) is 21.7 Å². The van der Waals surface area contributed by atoms with Gasteiger partial charge in [0.15, 0.2) is 10.4 Å². The fourth-order valence-electron chi connectivity index (χ4n) is 2.46. The molecule has 2 aromatic heterocycles. The lowest BCUT2D eigenvalue weighted by Gasteiger charge is -2.22. The lowest BCUT2D eigenvalue weighted by atomic mass is 10.0. The fourth-order valence-corrected chi connectivity index (χ4v) is 2.72. The average molecular weight is 280 g/mol. The number of rotatable bonds is 3. The number of imidazole rings is 1. The molecule has 0 aliphatic carbocycles. The van der Waals surface area contributed by atoms with Gasteiger partial charge in [-0.3, -0.25) is 0 Å². The molecule has 0 spiro atoms. The van der Waals surface area contributed by atoms with Gasteiger partial charge in [0.2, 0.25) is 5.88 Å². The highest BCUT2D eigenvalue weighted by molar-refractivity contribution is 7.71. The molecule has 0 radical (unpaired) electrons. The first-order valence-corrected chi connectivity index (χ1v) is 6.75. The van der Waals surface area contributed by atoms with Gasteiger partial charge >= 0.3 is 0 Å². The van der Waals surface area contributed by atoms with Crippen LogP contribution in [0, 0.1) is 10.7 Å². The van der Waals surface area contributed by atoms with Gasteiger partial charge in [0.25, 0.3) is 0 Å². The maximum atomic E-state index is 5.38. The van der Waals surface area contributed by atoms with E-state index < -0.39 is 0 Å². The number of nitrogens with zero attached hydrogens (tertiary/aromatic N) is 3. The molecule has 6 nitrogen and oxygen atoms in total. The van der Waals surface area contributed by atoms with E-state index in [1.165, 1.54) is 6.33 Å². The van der Waals surface area contributed by atoms with Crippen molar-refractivity contribution in [1.82, 2.24) is 19.5 Å². The number of aromatic nitrogens is 4. The van der Waals surface area contributed by atoms with E-state index in [9.17, 15) is 0 Å². The number of hydrogen-bond acceptors (Lipinski definition) is 5. The van der Waals surface area contributed by atoms with Crippen molar-refractivity contribution in [1.29, 1.82) is 0 Å². The number of methoxy groups -OCH3 is 1. The Bertz CT molecular complexity index is 630. The van der Waals surface area contributed by atoms with E-state index in [-0.39, 0.29) is 0 Å². The van der Waals surface area contributed by atoms with Crippen LogP contribution in [0.1, 0.15) is 12.8 Å². The second-order valence-corrected chi connectivity index (χ2v) is 5.06. The van der Waals surface area contributed by atoms with Crippen LogP contribution >= 0.6 is 12.2 Å². The third-order valence-electron chi connectivity index (χ3n) is 3.50. The molecule has 3 rings (SSSR count). The largest absolute Gasteiger partial charge is 0.479 e. The van der Waals surface area contributed by atoms with Gasteiger partial charge < -0.3 is 19.0 Å². The van der Waals surface area contributed by atoms with Crippen molar-refractivity contribution < 1.29 is 9.47 Å². The quantitative estimate of drug-likeness (QED) is 0.870. The maximum absolute atomic E-state index is 5.38. The van der Waals surface area contributed by atoms with Gasteiger partial charge in [0.05, 0.1) is 7.11 Å². The third kappa shape index (κ3) is 2.35. The number of nitrogens with one attached hydrogen (secondary N) is 1. The van der Waals surface area contributed by atoms with Crippen molar-refractivity contribution in [2.75, 3.05) is 20.3 Å². The summed E-state index contributed by atoms with van der Waals surface area (Å²) in [6.45, 7) is 2.53. The van der Waals surface area contributed by atoms with Crippen LogP contribution in [0.4, 0.5) is 0 Å². The van der Waals surface area contributed by atoms with Crippen LogP contribution in [0.2, 0.25) is 0 Å². The molecular weight excluding hydrogens is 264 g/mol. The summed E-state index contributed by atoms with van der Waals surface area (Å²) in [5.41, 5.74) is 1.57. The molecule has 1 aliphatic rings. The molecule has 2 aromatic rings. The van der Waals surface area contributed by atoms with Crippen molar-refractivity contribution in [2.24, 2.45) is 5.92 Å². The first kappa shape index (κ1) is 12.6. The molecule has 19 heavy (non-hydrogen) atoms. The van der Waals surface area contributed by atoms with Crippen LogP contribution in [-0.4, -0.2) is 39.8 Å². The summed E-state index contributed by atoms with van der Waals surface area (Å²) in [4.78, 5) is 11.5. The molecule has 1 saturated heterocycles. The lowest BCUT2D eigenvalue weighted by molar-refractivity contribution is 0.0614. The Labute approximate surface area is 115 Å². The van der Waals surface area contributed by atoms with Crippen molar-refractivity contribution in [2.45, 2.75) is 19.4 Å². The summed E-state index contributed by atoms with van der Waals surface area (Å²) in [5.74, 6) is 1.11. The Morgan fingerprint density at radius 2 is 2.26 bits per heavy atom. The summed E-state index contributed by atoms with van der Waals surface area (Å²) in [5, 5.41) is 0. The fraction of sp³-hybridized carbons (Fsp3) is 0.583. The Morgan fingerprint density at radius 1 is 1.47 bits per heavy atom. The monoisotopic (exact) mass is 280 g/mol. The Morgan fingerprint density at radius 3 is 3.00 bits per heavy atom. The normalized spacial score (nSPS) is 16.9. The molecule has 0 unspecified atom stereocenters.